The minimum atomic E-state index is -3.79. The monoisotopic (exact) mass is 409 g/mol. The van der Waals surface area contributed by atoms with Gasteiger partial charge in [-0.2, -0.15) is 0 Å². The second-order valence-corrected chi connectivity index (χ2v) is 8.61. The van der Waals surface area contributed by atoms with E-state index in [2.05, 4.69) is 9.71 Å². The number of aromatic amines is 1. The molecule has 1 amide bonds. The fraction of sp³-hybridized carbons (Fsp3) is 0.235. The van der Waals surface area contributed by atoms with E-state index in [4.69, 9.17) is 15.2 Å². The van der Waals surface area contributed by atoms with Crippen molar-refractivity contribution in [1.29, 1.82) is 0 Å². The molecule has 0 aliphatic rings. The molecular weight excluding hydrogens is 390 g/mol. The van der Waals surface area contributed by atoms with Crippen LogP contribution in [0.25, 0.3) is 10.9 Å². The van der Waals surface area contributed by atoms with Gasteiger partial charge in [-0.1, -0.05) is 0 Å². The number of sulfonamides is 1. The molecule has 0 fully saturated rings. The lowest BCUT2D eigenvalue weighted by Gasteiger charge is -2.12. The molecule has 0 bridgehead atoms. The van der Waals surface area contributed by atoms with Gasteiger partial charge in [-0.15, -0.1) is 11.3 Å². The van der Waals surface area contributed by atoms with Crippen LogP contribution in [0.5, 0.6) is 5.75 Å². The molecule has 8 nitrogen and oxygen atoms in total. The fourth-order valence-electron chi connectivity index (χ4n) is 2.58. The Labute approximate surface area is 160 Å². The summed E-state index contributed by atoms with van der Waals surface area (Å²) in [7, 11) is -2.24. The molecule has 0 spiro atoms. The summed E-state index contributed by atoms with van der Waals surface area (Å²) in [6, 6.07) is 6.54. The number of aromatic nitrogens is 1. The Bertz CT molecular complexity index is 1090. The second-order valence-electron chi connectivity index (χ2n) is 5.82. The third kappa shape index (κ3) is 4.07. The summed E-state index contributed by atoms with van der Waals surface area (Å²) in [4.78, 5) is 14.4. The average molecular weight is 409 g/mol. The van der Waals surface area contributed by atoms with Crippen LogP contribution in [-0.4, -0.2) is 39.6 Å². The summed E-state index contributed by atoms with van der Waals surface area (Å²) >= 11 is 1.13. The number of anilines is 1. The first-order valence-electron chi connectivity index (χ1n) is 7.97. The zero-order valence-corrected chi connectivity index (χ0v) is 16.4. The van der Waals surface area contributed by atoms with Crippen molar-refractivity contribution in [2.24, 2.45) is 5.73 Å². The summed E-state index contributed by atoms with van der Waals surface area (Å²) in [5, 5.41) is 2.31. The zero-order chi connectivity index (χ0) is 19.6. The van der Waals surface area contributed by atoms with Crippen molar-refractivity contribution in [3.63, 3.8) is 0 Å². The maximum atomic E-state index is 12.8. The number of hydrogen-bond donors (Lipinski definition) is 3. The summed E-state index contributed by atoms with van der Waals surface area (Å²) in [6.45, 7) is 2.41. The van der Waals surface area contributed by atoms with Gasteiger partial charge in [0.2, 0.25) is 0 Å². The zero-order valence-electron chi connectivity index (χ0n) is 14.7. The molecule has 0 radical (unpaired) electrons. The molecule has 3 rings (SSSR count). The van der Waals surface area contributed by atoms with Crippen molar-refractivity contribution in [2.75, 3.05) is 25.0 Å². The molecule has 4 N–H and O–H groups in total. The number of ether oxygens (including phenoxy) is 2. The van der Waals surface area contributed by atoms with E-state index in [0.29, 0.717) is 35.4 Å². The van der Waals surface area contributed by atoms with Crippen molar-refractivity contribution in [2.45, 2.75) is 11.1 Å². The minimum absolute atomic E-state index is 0.173. The number of rotatable bonds is 8. The molecule has 2 aromatic heterocycles. The number of carbonyl (C=O) groups is 1. The number of nitrogens with one attached hydrogen (secondary N) is 2. The Morgan fingerprint density at radius 1 is 1.30 bits per heavy atom. The van der Waals surface area contributed by atoms with Gasteiger partial charge in [0.1, 0.15) is 22.3 Å². The Kier molecular flexibility index (Phi) is 5.40. The number of amides is 1. The molecule has 3 aromatic rings. The molecule has 0 aliphatic carbocycles. The number of methoxy groups -OCH3 is 1. The number of thiophene rings is 1. The van der Waals surface area contributed by atoms with Crippen LogP contribution in [-0.2, 0) is 14.8 Å². The van der Waals surface area contributed by atoms with Crippen molar-refractivity contribution < 1.29 is 22.7 Å². The average Bonchev–Trinajstić information content (AvgIpc) is 3.21. The van der Waals surface area contributed by atoms with Gasteiger partial charge in [-0.05, 0) is 36.1 Å². The van der Waals surface area contributed by atoms with Crippen LogP contribution < -0.4 is 15.2 Å². The highest BCUT2D eigenvalue weighted by atomic mass is 32.2. The Balaban J connectivity index is 2.05. The lowest BCUT2D eigenvalue weighted by molar-refractivity contribution is 0.0996. The highest BCUT2D eigenvalue weighted by Gasteiger charge is 2.21. The number of hydrogen-bond acceptors (Lipinski definition) is 6. The first kappa shape index (κ1) is 19.2. The molecule has 10 heteroatoms. The van der Waals surface area contributed by atoms with Gasteiger partial charge in [0, 0.05) is 18.6 Å². The Hall–Kier alpha value is -2.56. The summed E-state index contributed by atoms with van der Waals surface area (Å²) in [5.41, 5.74) is 6.87. The Morgan fingerprint density at radius 2 is 2.07 bits per heavy atom. The van der Waals surface area contributed by atoms with Crippen LogP contribution in [0.1, 0.15) is 16.1 Å². The molecule has 27 heavy (non-hydrogen) atoms. The van der Waals surface area contributed by atoms with Crippen molar-refractivity contribution in [3.8, 4) is 5.75 Å². The topological polar surface area (TPSA) is 124 Å². The third-order valence-electron chi connectivity index (χ3n) is 3.83. The lowest BCUT2D eigenvalue weighted by atomic mass is 10.2. The van der Waals surface area contributed by atoms with E-state index in [-0.39, 0.29) is 15.6 Å². The SMILES string of the molecule is COCCOc1cc(NS(=O)(=O)c2sccc2C)c2[nH]c(C(N)=O)cc2c1. The number of aryl methyl sites for hydroxylation is 1. The van der Waals surface area contributed by atoms with Crippen molar-refractivity contribution in [1.82, 2.24) is 4.98 Å². The van der Waals surface area contributed by atoms with E-state index in [0.717, 1.165) is 11.3 Å². The molecule has 0 unspecified atom stereocenters. The summed E-state index contributed by atoms with van der Waals surface area (Å²) in [5.74, 6) is -0.203. The highest BCUT2D eigenvalue weighted by molar-refractivity contribution is 7.94. The van der Waals surface area contributed by atoms with Crippen LogP contribution in [0.15, 0.2) is 33.9 Å². The van der Waals surface area contributed by atoms with Crippen LogP contribution in [0.3, 0.4) is 0 Å². The molecule has 0 atom stereocenters. The number of carbonyl (C=O) groups excluding carboxylic acids is 1. The number of fused-ring (bicyclic) bond motifs is 1. The largest absolute Gasteiger partial charge is 0.491 e. The molecule has 2 heterocycles. The maximum Gasteiger partial charge on any atom is 0.271 e. The molecule has 0 saturated carbocycles. The van der Waals surface area contributed by atoms with Crippen LogP contribution in [0, 0.1) is 6.92 Å². The third-order valence-corrected chi connectivity index (χ3v) is 6.88. The fourth-order valence-corrected chi connectivity index (χ4v) is 5.06. The van der Waals surface area contributed by atoms with Gasteiger partial charge in [0.25, 0.3) is 15.9 Å². The van der Waals surface area contributed by atoms with Gasteiger partial charge in [0.05, 0.1) is 17.8 Å². The maximum absolute atomic E-state index is 12.8. The standard InChI is InChI=1S/C17H19N3O5S2/c1-10-3-6-26-17(10)27(22,23)20-13-9-12(25-5-4-24-2)7-11-8-14(16(18)21)19-15(11)13/h3,6-9,19-20H,4-5H2,1-2H3,(H2,18,21). The summed E-state index contributed by atoms with van der Waals surface area (Å²) in [6.07, 6.45) is 0. The quantitative estimate of drug-likeness (QED) is 0.493. The summed E-state index contributed by atoms with van der Waals surface area (Å²) < 4.78 is 38.9. The van der Waals surface area contributed by atoms with E-state index in [1.54, 1.807) is 43.7 Å². The van der Waals surface area contributed by atoms with Crippen molar-refractivity contribution >= 4 is 43.9 Å². The Morgan fingerprint density at radius 3 is 2.70 bits per heavy atom. The predicted molar refractivity (Wildman–Crippen MR) is 104 cm³/mol. The lowest BCUT2D eigenvalue weighted by Crippen LogP contribution is -2.13. The van der Waals surface area contributed by atoms with E-state index < -0.39 is 15.9 Å². The molecular formula is C17H19N3O5S2. The number of primary amides is 1. The van der Waals surface area contributed by atoms with Gasteiger partial charge in [-0.25, -0.2) is 8.42 Å². The number of benzene rings is 1. The van der Waals surface area contributed by atoms with E-state index in [9.17, 15) is 13.2 Å². The smallest absolute Gasteiger partial charge is 0.271 e. The van der Waals surface area contributed by atoms with Crippen LogP contribution in [0.4, 0.5) is 5.69 Å². The number of H-pyrrole nitrogens is 1. The van der Waals surface area contributed by atoms with Gasteiger partial charge in [0.15, 0.2) is 0 Å². The molecule has 144 valence electrons. The van der Waals surface area contributed by atoms with Gasteiger partial charge in [-0.3, -0.25) is 9.52 Å². The highest BCUT2D eigenvalue weighted by Crippen LogP contribution is 2.32. The van der Waals surface area contributed by atoms with Gasteiger partial charge < -0.3 is 20.2 Å². The molecule has 0 saturated heterocycles. The normalized spacial score (nSPS) is 11.6. The van der Waals surface area contributed by atoms with Crippen LogP contribution in [0.2, 0.25) is 0 Å². The van der Waals surface area contributed by atoms with Crippen molar-refractivity contribution in [3.05, 3.63) is 40.9 Å². The van der Waals surface area contributed by atoms with E-state index >= 15 is 0 Å². The second kappa shape index (κ2) is 7.59. The minimum Gasteiger partial charge on any atom is -0.491 e. The van der Waals surface area contributed by atoms with Gasteiger partial charge >= 0.3 is 0 Å². The van der Waals surface area contributed by atoms with E-state index in [1.165, 1.54) is 0 Å². The van der Waals surface area contributed by atoms with E-state index in [1.807, 2.05) is 0 Å². The first-order valence-corrected chi connectivity index (χ1v) is 10.3. The molecule has 1 aromatic carbocycles. The van der Waals surface area contributed by atoms with Crippen LogP contribution >= 0.6 is 11.3 Å². The first-order chi connectivity index (χ1) is 12.8. The molecule has 0 aliphatic heterocycles. The predicted octanol–water partition coefficient (Wildman–Crippen LogP) is 2.46. The number of nitrogens with two attached hydrogens (primary N) is 1.